The fraction of sp³-hybridized carbons (Fsp3) is 0.600. The molecule has 1 aromatic rings. The molecule has 0 saturated carbocycles. The highest BCUT2D eigenvalue weighted by Crippen LogP contribution is 2.35. The number of likely N-dealkylation sites (N-methyl/N-ethyl adjacent to an activating group) is 1. The molecule has 0 spiro atoms. The summed E-state index contributed by atoms with van der Waals surface area (Å²) in [4.78, 5) is 2.40. The zero-order chi connectivity index (χ0) is 13.8. The Morgan fingerprint density at radius 1 is 1.37 bits per heavy atom. The van der Waals surface area contributed by atoms with Crippen molar-refractivity contribution in [3.63, 3.8) is 0 Å². The molecule has 106 valence electrons. The first-order chi connectivity index (χ1) is 9.21. The Balaban J connectivity index is 2.14. The molecule has 1 aliphatic rings. The van der Waals surface area contributed by atoms with Crippen molar-refractivity contribution in [1.29, 1.82) is 0 Å². The average Bonchev–Trinajstić information content (AvgIpc) is 2.77. The number of nitrogens with two attached hydrogens (primary N) is 1. The summed E-state index contributed by atoms with van der Waals surface area (Å²) in [7, 11) is 3.43. The molecule has 2 N–H and O–H groups in total. The predicted molar refractivity (Wildman–Crippen MR) is 76.5 cm³/mol. The van der Waals surface area contributed by atoms with E-state index in [-0.39, 0.29) is 6.04 Å². The Bertz CT molecular complexity index is 423. The zero-order valence-electron chi connectivity index (χ0n) is 12.1. The maximum atomic E-state index is 6.42. The molecule has 2 atom stereocenters. The second kappa shape index (κ2) is 6.37. The van der Waals surface area contributed by atoms with Crippen LogP contribution in [-0.2, 0) is 11.2 Å². The lowest BCUT2D eigenvalue weighted by molar-refractivity contribution is 0.117. The van der Waals surface area contributed by atoms with Gasteiger partial charge in [0.05, 0.1) is 13.7 Å². The van der Waals surface area contributed by atoms with Gasteiger partial charge in [-0.05, 0) is 36.2 Å². The van der Waals surface area contributed by atoms with Crippen LogP contribution in [0.5, 0.6) is 5.75 Å². The van der Waals surface area contributed by atoms with Crippen molar-refractivity contribution in [2.45, 2.75) is 25.4 Å². The monoisotopic (exact) mass is 264 g/mol. The van der Waals surface area contributed by atoms with Crippen LogP contribution in [0.15, 0.2) is 18.2 Å². The first-order valence-electron chi connectivity index (χ1n) is 6.86. The van der Waals surface area contributed by atoms with Crippen LogP contribution < -0.4 is 10.5 Å². The molecule has 0 aliphatic heterocycles. The molecule has 1 aromatic carbocycles. The lowest BCUT2D eigenvalue weighted by Crippen LogP contribution is -2.42. The van der Waals surface area contributed by atoms with Crippen LogP contribution in [0.1, 0.15) is 24.1 Å². The van der Waals surface area contributed by atoms with Crippen LogP contribution in [0.25, 0.3) is 0 Å². The van der Waals surface area contributed by atoms with E-state index < -0.39 is 0 Å². The average molecular weight is 264 g/mol. The van der Waals surface area contributed by atoms with E-state index in [4.69, 9.17) is 15.2 Å². The summed E-state index contributed by atoms with van der Waals surface area (Å²) in [6.07, 6.45) is 1.01. The van der Waals surface area contributed by atoms with Crippen LogP contribution in [0.2, 0.25) is 0 Å². The molecule has 0 radical (unpaired) electrons. The molecule has 0 amide bonds. The molecule has 4 nitrogen and oxygen atoms in total. The van der Waals surface area contributed by atoms with E-state index in [9.17, 15) is 0 Å². The standard InChI is InChI=1S/C15H24N2O2/c1-4-17(7-8-18-2)14-9-11-5-6-12(19-3)10-13(11)15(14)16/h5-6,10,14-15H,4,7-9,16H2,1-3H3. The summed E-state index contributed by atoms with van der Waals surface area (Å²) in [6, 6.07) is 6.64. The summed E-state index contributed by atoms with van der Waals surface area (Å²) in [6.45, 7) is 4.84. The van der Waals surface area contributed by atoms with Crippen molar-refractivity contribution >= 4 is 0 Å². The second-order valence-electron chi connectivity index (χ2n) is 4.98. The zero-order valence-corrected chi connectivity index (χ0v) is 12.1. The van der Waals surface area contributed by atoms with Crippen molar-refractivity contribution in [3.8, 4) is 5.75 Å². The second-order valence-corrected chi connectivity index (χ2v) is 4.98. The number of ether oxygens (including phenoxy) is 2. The fourth-order valence-electron chi connectivity index (χ4n) is 2.88. The Hall–Kier alpha value is -1.10. The molecule has 2 rings (SSSR count). The highest BCUT2D eigenvalue weighted by molar-refractivity contribution is 5.42. The third kappa shape index (κ3) is 2.91. The Morgan fingerprint density at radius 3 is 2.79 bits per heavy atom. The first kappa shape index (κ1) is 14.3. The summed E-state index contributed by atoms with van der Waals surface area (Å²) >= 11 is 0. The molecular weight excluding hydrogens is 240 g/mol. The van der Waals surface area contributed by atoms with Gasteiger partial charge in [0.2, 0.25) is 0 Å². The third-order valence-electron chi connectivity index (χ3n) is 4.01. The van der Waals surface area contributed by atoms with Gasteiger partial charge in [0.1, 0.15) is 5.75 Å². The van der Waals surface area contributed by atoms with Gasteiger partial charge < -0.3 is 15.2 Å². The molecule has 1 aliphatic carbocycles. The number of benzene rings is 1. The number of methoxy groups -OCH3 is 2. The lowest BCUT2D eigenvalue weighted by Gasteiger charge is -2.30. The van der Waals surface area contributed by atoms with Gasteiger partial charge in [-0.25, -0.2) is 0 Å². The van der Waals surface area contributed by atoms with E-state index in [1.54, 1.807) is 14.2 Å². The molecule has 0 saturated heterocycles. The van der Waals surface area contributed by atoms with Crippen LogP contribution >= 0.6 is 0 Å². The van der Waals surface area contributed by atoms with Crippen LogP contribution in [0, 0.1) is 0 Å². The number of rotatable bonds is 6. The molecule has 0 aromatic heterocycles. The van der Waals surface area contributed by atoms with Gasteiger partial charge in [-0.1, -0.05) is 13.0 Å². The molecule has 19 heavy (non-hydrogen) atoms. The first-order valence-corrected chi connectivity index (χ1v) is 6.86. The maximum absolute atomic E-state index is 6.42. The lowest BCUT2D eigenvalue weighted by atomic mass is 10.1. The number of hydrogen-bond acceptors (Lipinski definition) is 4. The minimum atomic E-state index is 0.0573. The van der Waals surface area contributed by atoms with E-state index in [0.29, 0.717) is 6.04 Å². The van der Waals surface area contributed by atoms with Gasteiger partial charge in [-0.2, -0.15) is 0 Å². The SMILES string of the molecule is CCN(CCOC)C1Cc2ccc(OC)cc2C1N. The van der Waals surface area contributed by atoms with Crippen molar-refractivity contribution in [2.24, 2.45) is 5.73 Å². The third-order valence-corrected chi connectivity index (χ3v) is 4.01. The highest BCUT2D eigenvalue weighted by atomic mass is 16.5. The van der Waals surface area contributed by atoms with Gasteiger partial charge in [0.25, 0.3) is 0 Å². The van der Waals surface area contributed by atoms with E-state index in [2.05, 4.69) is 24.0 Å². The van der Waals surface area contributed by atoms with Gasteiger partial charge in [-0.3, -0.25) is 4.90 Å². The Kier molecular flexibility index (Phi) is 4.80. The van der Waals surface area contributed by atoms with Gasteiger partial charge >= 0.3 is 0 Å². The number of nitrogens with zero attached hydrogens (tertiary/aromatic N) is 1. The Morgan fingerprint density at radius 2 is 2.16 bits per heavy atom. The van der Waals surface area contributed by atoms with Crippen molar-refractivity contribution in [3.05, 3.63) is 29.3 Å². The number of hydrogen-bond donors (Lipinski definition) is 1. The molecule has 4 heteroatoms. The quantitative estimate of drug-likeness (QED) is 0.847. The fourth-order valence-corrected chi connectivity index (χ4v) is 2.88. The summed E-state index contributed by atoms with van der Waals surface area (Å²) in [5.41, 5.74) is 8.99. The normalized spacial score (nSPS) is 21.7. The topological polar surface area (TPSA) is 47.7 Å². The minimum absolute atomic E-state index is 0.0573. The molecule has 2 unspecified atom stereocenters. The van der Waals surface area contributed by atoms with Crippen molar-refractivity contribution < 1.29 is 9.47 Å². The van der Waals surface area contributed by atoms with Gasteiger partial charge in [-0.15, -0.1) is 0 Å². The largest absolute Gasteiger partial charge is 0.497 e. The van der Waals surface area contributed by atoms with Crippen LogP contribution in [0.4, 0.5) is 0 Å². The summed E-state index contributed by atoms with van der Waals surface area (Å²) in [5, 5.41) is 0. The molecule has 0 bridgehead atoms. The molecule has 0 fully saturated rings. The Labute approximate surface area is 115 Å². The molecular formula is C15H24N2O2. The highest BCUT2D eigenvalue weighted by Gasteiger charge is 2.33. The van der Waals surface area contributed by atoms with Gasteiger partial charge in [0.15, 0.2) is 0 Å². The summed E-state index contributed by atoms with van der Waals surface area (Å²) < 4.78 is 10.5. The summed E-state index contributed by atoms with van der Waals surface area (Å²) in [5.74, 6) is 0.884. The van der Waals surface area contributed by atoms with Crippen molar-refractivity contribution in [1.82, 2.24) is 4.90 Å². The van der Waals surface area contributed by atoms with E-state index in [0.717, 1.165) is 31.9 Å². The van der Waals surface area contributed by atoms with E-state index >= 15 is 0 Å². The van der Waals surface area contributed by atoms with Crippen LogP contribution in [0.3, 0.4) is 0 Å². The maximum Gasteiger partial charge on any atom is 0.119 e. The van der Waals surface area contributed by atoms with Gasteiger partial charge in [0, 0.05) is 25.7 Å². The smallest absolute Gasteiger partial charge is 0.119 e. The van der Waals surface area contributed by atoms with E-state index in [1.165, 1.54) is 11.1 Å². The number of fused-ring (bicyclic) bond motifs is 1. The van der Waals surface area contributed by atoms with Crippen molar-refractivity contribution in [2.75, 3.05) is 33.9 Å². The molecule has 0 heterocycles. The van der Waals surface area contributed by atoms with E-state index in [1.807, 2.05) is 6.07 Å². The minimum Gasteiger partial charge on any atom is -0.497 e. The predicted octanol–water partition coefficient (Wildman–Crippen LogP) is 1.59. The van der Waals surface area contributed by atoms with Crippen LogP contribution in [-0.4, -0.2) is 44.9 Å².